The molecule has 0 aliphatic carbocycles. The molecule has 0 bridgehead atoms. The third-order valence-electron chi connectivity index (χ3n) is 12.2. The van der Waals surface area contributed by atoms with Gasteiger partial charge in [-0.05, 0) is 86.5 Å². The summed E-state index contributed by atoms with van der Waals surface area (Å²) in [5.41, 5.74) is 2.02. The Morgan fingerprint density at radius 3 is 2.49 bits per heavy atom. The fraction of sp³-hybridized carbons (Fsp3) is 0.750. The van der Waals surface area contributed by atoms with Gasteiger partial charge in [0, 0.05) is 44.3 Å². The predicted octanol–water partition coefficient (Wildman–Crippen LogP) is 2.83. The number of fused-ring (bicyclic) bond motifs is 2. The molecule has 3 aliphatic rings. The predicted molar refractivity (Wildman–Crippen MR) is 208 cm³/mol. The van der Waals surface area contributed by atoms with Crippen molar-refractivity contribution in [1.82, 2.24) is 35.2 Å². The van der Waals surface area contributed by atoms with E-state index in [1.807, 2.05) is 42.6 Å². The zero-order valence-corrected chi connectivity index (χ0v) is 35.3. The normalized spacial score (nSPS) is 37.4. The SMILES string of the molecule is CC[C@@H]1OC(=O)[C@H](C)C(=O)[C@@H](C)[C@@H](O[C@@H]2O[C@H](C)C[C@H](N(C)C)[C@H]2O)[C@@](C)(OC)C[C@@H](C)C(=O)NC(C)[C@H]2N(NCCCn3cnc4cccnc43)C(=O)O[C@]12C. The van der Waals surface area contributed by atoms with Crippen LogP contribution in [-0.4, -0.2) is 141 Å². The Bertz CT molecular complexity index is 1740. The quantitative estimate of drug-likeness (QED) is 0.180. The minimum atomic E-state index is -1.44. The molecule has 3 N–H and O–H groups in total. The number of hydrazine groups is 1. The Kier molecular flexibility index (Phi) is 14.0. The largest absolute Gasteiger partial charge is 0.457 e. The second-order valence-electron chi connectivity index (χ2n) is 16.7. The number of cyclic esters (lactones) is 1. The number of nitrogens with one attached hydrogen (secondary N) is 2. The van der Waals surface area contributed by atoms with E-state index >= 15 is 0 Å². The maximum atomic E-state index is 14.3. The highest BCUT2D eigenvalue weighted by atomic mass is 16.7. The van der Waals surface area contributed by atoms with Crippen LogP contribution in [0, 0.1) is 17.8 Å². The molecule has 3 saturated heterocycles. The van der Waals surface area contributed by atoms with Gasteiger partial charge in [-0.25, -0.2) is 25.2 Å². The van der Waals surface area contributed by atoms with Gasteiger partial charge in [-0.1, -0.05) is 20.8 Å². The first-order valence-electron chi connectivity index (χ1n) is 20.1. The number of nitrogens with zero attached hydrogens (tertiary/aromatic N) is 5. The number of rotatable bonds is 10. The summed E-state index contributed by atoms with van der Waals surface area (Å²) >= 11 is 0. The second-order valence-corrected chi connectivity index (χ2v) is 16.7. The van der Waals surface area contributed by atoms with Crippen LogP contribution < -0.4 is 10.7 Å². The number of carbonyl (C=O) groups is 4. The first-order chi connectivity index (χ1) is 26.9. The Labute approximate surface area is 335 Å². The van der Waals surface area contributed by atoms with Crippen LogP contribution in [0.4, 0.5) is 4.79 Å². The number of methoxy groups -OCH3 is 1. The molecule has 17 nitrogen and oxygen atoms in total. The average Bonchev–Trinajstić information content (AvgIpc) is 3.70. The minimum absolute atomic E-state index is 0.0906. The summed E-state index contributed by atoms with van der Waals surface area (Å²) < 4.78 is 32.9. The molecule has 5 rings (SSSR count). The molecule has 1 unspecified atom stereocenters. The number of aliphatic hydroxyl groups excluding tert-OH is 1. The van der Waals surface area contributed by atoms with Crippen LogP contribution in [0.25, 0.3) is 11.2 Å². The summed E-state index contributed by atoms with van der Waals surface area (Å²) in [6.45, 7) is 14.7. The van der Waals surface area contributed by atoms with E-state index in [4.69, 9.17) is 23.7 Å². The molecule has 57 heavy (non-hydrogen) atoms. The Balaban J connectivity index is 1.44. The number of pyridine rings is 1. The molecular weight excluding hydrogens is 738 g/mol. The third kappa shape index (κ3) is 9.13. The van der Waals surface area contributed by atoms with Crippen molar-refractivity contribution in [2.24, 2.45) is 17.8 Å². The number of ether oxygens (including phenoxy) is 5. The van der Waals surface area contributed by atoms with Crippen LogP contribution >= 0.6 is 0 Å². The van der Waals surface area contributed by atoms with Crippen LogP contribution in [-0.2, 0) is 44.6 Å². The molecule has 2 aromatic rings. The summed E-state index contributed by atoms with van der Waals surface area (Å²) in [6.07, 6.45) is -0.286. The van der Waals surface area contributed by atoms with Crippen molar-refractivity contribution in [2.45, 2.75) is 148 Å². The highest BCUT2D eigenvalue weighted by Gasteiger charge is 2.59. The van der Waals surface area contributed by atoms with Crippen molar-refractivity contribution >= 4 is 34.9 Å². The average molecular weight is 802 g/mol. The number of imidazole rings is 1. The van der Waals surface area contributed by atoms with E-state index < -0.39 is 83.5 Å². The number of aromatic nitrogens is 3. The molecule has 3 fully saturated rings. The molecule has 2 amide bonds. The highest BCUT2D eigenvalue weighted by molar-refractivity contribution is 6.00. The zero-order chi connectivity index (χ0) is 42.0. The summed E-state index contributed by atoms with van der Waals surface area (Å²) in [7, 11) is 5.21. The van der Waals surface area contributed by atoms with Gasteiger partial charge in [-0.3, -0.25) is 14.4 Å². The molecule has 0 aromatic carbocycles. The number of amides is 2. The van der Waals surface area contributed by atoms with E-state index in [1.54, 1.807) is 54.1 Å². The summed E-state index contributed by atoms with van der Waals surface area (Å²) in [4.78, 5) is 66.9. The molecule has 0 saturated carbocycles. The van der Waals surface area contributed by atoms with Crippen molar-refractivity contribution in [2.75, 3.05) is 27.7 Å². The standard InChI is InChI=1S/C40H63N7O10/c1-12-29-40(8)32(47(38(52)57-40)43-17-14-18-46-21-42-27-15-13-16-41-34(27)46)26(6)44-35(50)22(2)20-39(7,53-11)33(24(4)30(48)25(5)36(51)55-29)56-37-31(49)28(45(9)10)19-23(3)54-37/h13,15-16,21-26,28-29,31-33,37,43,49H,12,14,17-20H2,1-11H3,(H,44,50)/t22-,23-,24-,25-,26?,28+,29+,31-,32-,33-,37+,39+,40-/m1/s1. The van der Waals surface area contributed by atoms with Crippen molar-refractivity contribution < 1.29 is 48.0 Å². The molecule has 3 aliphatic heterocycles. The first kappa shape index (κ1) is 44.4. The van der Waals surface area contributed by atoms with Gasteiger partial charge in [0.1, 0.15) is 29.7 Å². The lowest BCUT2D eigenvalue weighted by Crippen LogP contribution is -2.63. The summed E-state index contributed by atoms with van der Waals surface area (Å²) in [5.74, 6) is -4.55. The first-order valence-corrected chi connectivity index (χ1v) is 20.1. The zero-order valence-electron chi connectivity index (χ0n) is 35.3. The van der Waals surface area contributed by atoms with Gasteiger partial charge >= 0.3 is 12.1 Å². The molecule has 318 valence electrons. The number of Topliss-reactive ketones (excluding diaryl/α,β-unsaturated/α-hetero) is 1. The van der Waals surface area contributed by atoms with Gasteiger partial charge in [-0.2, -0.15) is 0 Å². The maximum absolute atomic E-state index is 14.3. The smallest absolute Gasteiger partial charge is 0.425 e. The summed E-state index contributed by atoms with van der Waals surface area (Å²) in [5, 5.41) is 15.9. The van der Waals surface area contributed by atoms with Crippen molar-refractivity contribution in [3.05, 3.63) is 24.7 Å². The monoisotopic (exact) mass is 801 g/mol. The van der Waals surface area contributed by atoms with E-state index in [1.165, 1.54) is 19.0 Å². The highest BCUT2D eigenvalue weighted by Crippen LogP contribution is 2.39. The van der Waals surface area contributed by atoms with Crippen LogP contribution in [0.3, 0.4) is 0 Å². The lowest BCUT2D eigenvalue weighted by atomic mass is 9.78. The van der Waals surface area contributed by atoms with Crippen molar-refractivity contribution in [1.29, 1.82) is 0 Å². The molecule has 5 heterocycles. The van der Waals surface area contributed by atoms with Gasteiger partial charge in [0.05, 0.1) is 30.2 Å². The van der Waals surface area contributed by atoms with Gasteiger partial charge in [-0.15, -0.1) is 0 Å². The van der Waals surface area contributed by atoms with Gasteiger partial charge in [0.25, 0.3) is 0 Å². The third-order valence-corrected chi connectivity index (χ3v) is 12.2. The van der Waals surface area contributed by atoms with Gasteiger partial charge in [0.15, 0.2) is 23.3 Å². The van der Waals surface area contributed by atoms with E-state index in [0.29, 0.717) is 25.9 Å². The maximum Gasteiger partial charge on any atom is 0.425 e. The fourth-order valence-electron chi connectivity index (χ4n) is 8.88. The topological polar surface area (TPSA) is 196 Å². The van der Waals surface area contributed by atoms with Crippen LogP contribution in [0.1, 0.15) is 81.1 Å². The number of likely N-dealkylation sites (N-methyl/N-ethyl adjacent to an activating group) is 1. The van der Waals surface area contributed by atoms with E-state index in [-0.39, 0.29) is 30.9 Å². The van der Waals surface area contributed by atoms with Crippen LogP contribution in [0.15, 0.2) is 24.7 Å². The van der Waals surface area contributed by atoms with E-state index in [9.17, 15) is 24.3 Å². The molecule has 2 aromatic heterocycles. The Morgan fingerprint density at radius 1 is 1.11 bits per heavy atom. The van der Waals surface area contributed by atoms with Crippen LogP contribution in [0.5, 0.6) is 0 Å². The number of ketones is 1. The Morgan fingerprint density at radius 2 is 1.82 bits per heavy atom. The lowest BCUT2D eigenvalue weighted by molar-refractivity contribution is -0.295. The Hall–Kier alpha value is -3.74. The van der Waals surface area contributed by atoms with Gasteiger partial charge in [0.2, 0.25) is 5.91 Å². The van der Waals surface area contributed by atoms with Crippen molar-refractivity contribution in [3.8, 4) is 0 Å². The molecular formula is C40H63N7O10. The number of esters is 1. The van der Waals surface area contributed by atoms with E-state index in [2.05, 4.69) is 20.7 Å². The fourth-order valence-corrected chi connectivity index (χ4v) is 8.88. The van der Waals surface area contributed by atoms with E-state index in [0.717, 1.165) is 11.2 Å². The molecule has 13 atom stereocenters. The number of aliphatic hydroxyl groups is 1. The number of hydrogen-bond donors (Lipinski definition) is 3. The molecule has 0 spiro atoms. The molecule has 17 heteroatoms. The minimum Gasteiger partial charge on any atom is -0.457 e. The second kappa shape index (κ2) is 18.0. The van der Waals surface area contributed by atoms with Gasteiger partial charge < -0.3 is 43.6 Å². The number of hydrogen-bond acceptors (Lipinski definition) is 14. The number of aryl methyl sites for hydroxylation is 1. The van der Waals surface area contributed by atoms with Crippen molar-refractivity contribution in [3.63, 3.8) is 0 Å². The lowest BCUT2D eigenvalue weighted by Gasteiger charge is -2.46. The van der Waals surface area contributed by atoms with Crippen LogP contribution in [0.2, 0.25) is 0 Å². The summed E-state index contributed by atoms with van der Waals surface area (Å²) in [6, 6.07) is 1.88. The molecule has 0 radical (unpaired) electrons. The number of carbonyl (C=O) groups excluding carboxylic acids is 4.